The molecule has 0 aliphatic carbocycles. The van der Waals surface area contributed by atoms with E-state index in [4.69, 9.17) is 4.74 Å². The highest BCUT2D eigenvalue weighted by Gasteiger charge is 2.66. The summed E-state index contributed by atoms with van der Waals surface area (Å²) in [5, 5.41) is 9.27. The zero-order valence-electron chi connectivity index (χ0n) is 7.28. The van der Waals surface area contributed by atoms with Crippen LogP contribution < -0.4 is 0 Å². The average Bonchev–Trinajstić information content (AvgIpc) is 2.72. The quantitative estimate of drug-likeness (QED) is 0.365. The second kappa shape index (κ2) is 2.56. The number of aliphatic hydroxyl groups is 1. The number of fused-ring (bicyclic) bond motifs is 3. The zero-order chi connectivity index (χ0) is 10.7. The largest absolute Gasteiger partial charge is 0.433 e. The Morgan fingerprint density at radius 1 is 1.00 bits per heavy atom. The van der Waals surface area contributed by atoms with Crippen molar-refractivity contribution in [3.05, 3.63) is 0 Å². The van der Waals surface area contributed by atoms with E-state index in [0.717, 1.165) is 0 Å². The number of rotatable bonds is 0. The van der Waals surface area contributed by atoms with Crippen LogP contribution in [0, 0.1) is 11.8 Å². The van der Waals surface area contributed by atoms with Crippen molar-refractivity contribution in [3.8, 4) is 0 Å². The van der Waals surface area contributed by atoms with Crippen LogP contribution in [0.15, 0.2) is 0 Å². The molecule has 3 rings (SSSR count). The molecule has 3 aliphatic heterocycles. The maximum absolute atomic E-state index is 11.3. The van der Waals surface area contributed by atoms with Crippen molar-refractivity contribution in [2.75, 3.05) is 0 Å². The molecule has 0 radical (unpaired) electrons. The van der Waals surface area contributed by atoms with Gasteiger partial charge in [0.05, 0.1) is 0 Å². The molecule has 0 bridgehead atoms. The Bertz CT molecular complexity index is 375. The fourth-order valence-corrected chi connectivity index (χ4v) is 2.22. The second-order valence-electron chi connectivity index (χ2n) is 3.64. The standard InChI is InChI=1S/C8H6O7/c9-5-1-2-4(8(12)15-6(2)10)13-3(1)7(11)14-5/h1-4,7,11H. The van der Waals surface area contributed by atoms with Crippen molar-refractivity contribution in [3.63, 3.8) is 0 Å². The molecule has 5 atom stereocenters. The molecule has 3 fully saturated rings. The lowest BCUT2D eigenvalue weighted by Crippen LogP contribution is -2.28. The molecule has 3 saturated heterocycles. The summed E-state index contributed by atoms with van der Waals surface area (Å²) in [5.41, 5.74) is 0. The first-order chi connectivity index (χ1) is 7.09. The first kappa shape index (κ1) is 8.81. The zero-order valence-corrected chi connectivity index (χ0v) is 7.28. The van der Waals surface area contributed by atoms with Crippen LogP contribution in [0.3, 0.4) is 0 Å². The molecule has 3 aliphatic rings. The van der Waals surface area contributed by atoms with E-state index in [0.29, 0.717) is 0 Å². The fourth-order valence-electron chi connectivity index (χ4n) is 2.22. The Labute approximate surface area is 82.9 Å². The van der Waals surface area contributed by atoms with E-state index < -0.39 is 48.2 Å². The van der Waals surface area contributed by atoms with Crippen molar-refractivity contribution < 1.29 is 33.7 Å². The van der Waals surface area contributed by atoms with E-state index in [-0.39, 0.29) is 0 Å². The van der Waals surface area contributed by atoms with Gasteiger partial charge in [0, 0.05) is 0 Å². The number of carbonyl (C=O) groups is 3. The maximum atomic E-state index is 11.3. The first-order valence-corrected chi connectivity index (χ1v) is 4.39. The summed E-state index contributed by atoms with van der Waals surface area (Å²) in [6, 6.07) is 0. The number of hydrogen-bond acceptors (Lipinski definition) is 7. The molecular formula is C8H6O7. The smallest absolute Gasteiger partial charge is 0.343 e. The lowest BCUT2D eigenvalue weighted by molar-refractivity contribution is -0.170. The van der Waals surface area contributed by atoms with Gasteiger partial charge in [0.25, 0.3) is 0 Å². The SMILES string of the molecule is O=C1OC(=O)C2C1OC1C(O)OC(=O)C12. The predicted molar refractivity (Wildman–Crippen MR) is 38.8 cm³/mol. The second-order valence-corrected chi connectivity index (χ2v) is 3.64. The summed E-state index contributed by atoms with van der Waals surface area (Å²) >= 11 is 0. The lowest BCUT2D eigenvalue weighted by atomic mass is 9.90. The minimum Gasteiger partial charge on any atom is -0.433 e. The van der Waals surface area contributed by atoms with Crippen molar-refractivity contribution >= 4 is 17.9 Å². The van der Waals surface area contributed by atoms with Crippen molar-refractivity contribution in [1.29, 1.82) is 0 Å². The molecule has 0 aromatic carbocycles. The van der Waals surface area contributed by atoms with Crippen LogP contribution in [0.5, 0.6) is 0 Å². The third kappa shape index (κ3) is 0.936. The van der Waals surface area contributed by atoms with Crippen LogP contribution in [0.2, 0.25) is 0 Å². The van der Waals surface area contributed by atoms with E-state index in [1.807, 2.05) is 0 Å². The van der Waals surface area contributed by atoms with Gasteiger partial charge in [-0.25, -0.2) is 4.79 Å². The Morgan fingerprint density at radius 2 is 1.73 bits per heavy atom. The van der Waals surface area contributed by atoms with Gasteiger partial charge in [-0.1, -0.05) is 0 Å². The van der Waals surface area contributed by atoms with Crippen LogP contribution >= 0.6 is 0 Å². The van der Waals surface area contributed by atoms with Gasteiger partial charge in [-0.3, -0.25) is 9.59 Å². The summed E-state index contributed by atoms with van der Waals surface area (Å²) in [7, 11) is 0. The average molecular weight is 214 g/mol. The van der Waals surface area contributed by atoms with E-state index in [1.54, 1.807) is 0 Å². The molecule has 3 heterocycles. The lowest BCUT2D eigenvalue weighted by Gasteiger charge is -2.10. The van der Waals surface area contributed by atoms with E-state index in [1.165, 1.54) is 0 Å². The normalized spacial score (nSPS) is 47.5. The molecule has 80 valence electrons. The highest BCUT2D eigenvalue weighted by molar-refractivity contribution is 6.01. The third-order valence-corrected chi connectivity index (χ3v) is 2.87. The molecule has 1 N–H and O–H groups in total. The van der Waals surface area contributed by atoms with Gasteiger partial charge in [0.15, 0.2) is 6.10 Å². The van der Waals surface area contributed by atoms with Crippen molar-refractivity contribution in [2.45, 2.75) is 18.5 Å². The molecule has 15 heavy (non-hydrogen) atoms. The molecule has 0 saturated carbocycles. The predicted octanol–water partition coefficient (Wildman–Crippen LogP) is -2.06. The van der Waals surface area contributed by atoms with Gasteiger partial charge >= 0.3 is 17.9 Å². The summed E-state index contributed by atoms with van der Waals surface area (Å²) in [4.78, 5) is 33.6. The van der Waals surface area contributed by atoms with E-state index in [2.05, 4.69) is 9.47 Å². The van der Waals surface area contributed by atoms with Crippen molar-refractivity contribution in [1.82, 2.24) is 0 Å². The van der Waals surface area contributed by atoms with Crippen LogP contribution in [0.25, 0.3) is 0 Å². The highest BCUT2D eigenvalue weighted by atomic mass is 16.7. The van der Waals surface area contributed by atoms with Crippen molar-refractivity contribution in [2.24, 2.45) is 11.8 Å². The maximum Gasteiger partial charge on any atom is 0.343 e. The van der Waals surface area contributed by atoms with Crippen LogP contribution in [0.1, 0.15) is 0 Å². The monoisotopic (exact) mass is 214 g/mol. The molecule has 0 aromatic heterocycles. The Kier molecular flexibility index (Phi) is 1.50. The van der Waals surface area contributed by atoms with E-state index in [9.17, 15) is 19.5 Å². The van der Waals surface area contributed by atoms with Crippen LogP contribution in [-0.4, -0.2) is 41.5 Å². The minimum atomic E-state index is -1.41. The third-order valence-electron chi connectivity index (χ3n) is 2.87. The van der Waals surface area contributed by atoms with Gasteiger partial charge in [-0.05, 0) is 0 Å². The first-order valence-electron chi connectivity index (χ1n) is 4.39. The molecule has 5 unspecified atom stereocenters. The topological polar surface area (TPSA) is 99.1 Å². The highest BCUT2D eigenvalue weighted by Crippen LogP contribution is 2.43. The van der Waals surface area contributed by atoms with Crippen LogP contribution in [-0.2, 0) is 28.6 Å². The van der Waals surface area contributed by atoms with Gasteiger partial charge in [-0.15, -0.1) is 0 Å². The Balaban J connectivity index is 1.99. The summed E-state index contributed by atoms with van der Waals surface area (Å²) < 4.78 is 13.9. The number of esters is 3. The molecule has 0 spiro atoms. The molecular weight excluding hydrogens is 208 g/mol. The number of cyclic esters (lactones) is 3. The Hall–Kier alpha value is -1.47. The minimum absolute atomic E-state index is 0.730. The van der Waals surface area contributed by atoms with Gasteiger partial charge < -0.3 is 19.3 Å². The molecule has 7 nitrogen and oxygen atoms in total. The number of carbonyl (C=O) groups excluding carboxylic acids is 3. The van der Waals surface area contributed by atoms with Gasteiger partial charge in [-0.2, -0.15) is 0 Å². The molecule has 7 heteroatoms. The molecule has 0 aromatic rings. The fraction of sp³-hybridized carbons (Fsp3) is 0.625. The number of aliphatic hydroxyl groups excluding tert-OH is 1. The van der Waals surface area contributed by atoms with Crippen LogP contribution in [0.4, 0.5) is 0 Å². The van der Waals surface area contributed by atoms with Gasteiger partial charge in [0.1, 0.15) is 17.9 Å². The number of hydrogen-bond donors (Lipinski definition) is 1. The number of ether oxygens (including phenoxy) is 3. The summed E-state index contributed by atoms with van der Waals surface area (Å²) in [6.07, 6.45) is -3.42. The molecule has 0 amide bonds. The Morgan fingerprint density at radius 3 is 2.47 bits per heavy atom. The van der Waals surface area contributed by atoms with Gasteiger partial charge in [0.2, 0.25) is 6.29 Å². The van der Waals surface area contributed by atoms with E-state index >= 15 is 0 Å². The summed E-state index contributed by atoms with van der Waals surface area (Å²) in [5.74, 6) is -4.22. The summed E-state index contributed by atoms with van der Waals surface area (Å²) in [6.45, 7) is 0.